The Morgan fingerprint density at radius 1 is 1.10 bits per heavy atom. The summed E-state index contributed by atoms with van der Waals surface area (Å²) in [6, 6.07) is -1.58. The number of rotatable bonds is 6. The van der Waals surface area contributed by atoms with Crippen molar-refractivity contribution in [1.82, 2.24) is 16.0 Å². The van der Waals surface area contributed by atoms with Gasteiger partial charge in [0.1, 0.15) is 6.04 Å². The number of imide groups is 1. The second-order valence-electron chi connectivity index (χ2n) is 5.73. The molecule has 8 nitrogen and oxygen atoms in total. The predicted molar refractivity (Wildman–Crippen MR) is 75.5 cm³/mol. The number of carbonyl (C=O) groups is 4. The molecule has 1 atom stereocenters. The van der Waals surface area contributed by atoms with E-state index >= 15 is 0 Å². The van der Waals surface area contributed by atoms with Crippen LogP contribution in [0, 0.1) is 0 Å². The van der Waals surface area contributed by atoms with Crippen molar-refractivity contribution in [3.05, 3.63) is 0 Å². The summed E-state index contributed by atoms with van der Waals surface area (Å²) in [6.45, 7) is 6.92. The topological polar surface area (TPSA) is 125 Å². The molecule has 0 aromatic heterocycles. The van der Waals surface area contributed by atoms with Gasteiger partial charge < -0.3 is 15.7 Å². The summed E-state index contributed by atoms with van der Waals surface area (Å²) in [5.41, 5.74) is -0.420. The summed E-state index contributed by atoms with van der Waals surface area (Å²) < 4.78 is 0. The van der Waals surface area contributed by atoms with Crippen LogP contribution < -0.4 is 16.0 Å². The highest BCUT2D eigenvalue weighted by molar-refractivity contribution is 5.96. The van der Waals surface area contributed by atoms with Crippen LogP contribution in [0.3, 0.4) is 0 Å². The van der Waals surface area contributed by atoms with Gasteiger partial charge in [-0.3, -0.25) is 19.7 Å². The Bertz CT molecular complexity index is 415. The van der Waals surface area contributed by atoms with Crippen LogP contribution in [0.4, 0.5) is 4.79 Å². The van der Waals surface area contributed by atoms with E-state index in [1.54, 1.807) is 0 Å². The van der Waals surface area contributed by atoms with Crippen LogP contribution in [0.15, 0.2) is 0 Å². The molecule has 0 saturated heterocycles. The van der Waals surface area contributed by atoms with Gasteiger partial charge in [0, 0.05) is 18.4 Å². The van der Waals surface area contributed by atoms with Crippen molar-refractivity contribution in [2.45, 2.75) is 58.5 Å². The second kappa shape index (κ2) is 8.23. The molecule has 4 amide bonds. The quantitative estimate of drug-likeness (QED) is 0.564. The van der Waals surface area contributed by atoms with Crippen LogP contribution >= 0.6 is 0 Å². The number of hydrogen-bond acceptors (Lipinski definition) is 4. The molecule has 0 aromatic rings. The lowest BCUT2D eigenvalue weighted by Gasteiger charge is -2.23. The monoisotopic (exact) mass is 301 g/mol. The number of carboxylic acids is 1. The van der Waals surface area contributed by atoms with Gasteiger partial charge in [-0.2, -0.15) is 0 Å². The molecule has 0 spiro atoms. The molecule has 0 aliphatic carbocycles. The van der Waals surface area contributed by atoms with E-state index in [0.717, 1.165) is 0 Å². The molecule has 0 rings (SSSR count). The van der Waals surface area contributed by atoms with E-state index < -0.39 is 29.5 Å². The van der Waals surface area contributed by atoms with Crippen molar-refractivity contribution in [1.29, 1.82) is 0 Å². The summed E-state index contributed by atoms with van der Waals surface area (Å²) in [5, 5.41) is 15.5. The van der Waals surface area contributed by atoms with E-state index in [0.29, 0.717) is 0 Å². The maximum absolute atomic E-state index is 11.7. The first-order valence-electron chi connectivity index (χ1n) is 6.65. The molecule has 0 aromatic carbocycles. The Morgan fingerprint density at radius 3 is 2.14 bits per heavy atom. The summed E-state index contributed by atoms with van der Waals surface area (Å²) in [7, 11) is 0. The third kappa shape index (κ3) is 10.3. The predicted octanol–water partition coefficient (Wildman–Crippen LogP) is 0.370. The average Bonchev–Trinajstić information content (AvgIpc) is 2.25. The zero-order valence-corrected chi connectivity index (χ0v) is 12.8. The minimum atomic E-state index is -1.00. The number of hydrogen-bond donors (Lipinski definition) is 4. The van der Waals surface area contributed by atoms with E-state index in [1.165, 1.54) is 6.92 Å². The molecule has 4 N–H and O–H groups in total. The molecule has 1 unspecified atom stereocenters. The minimum Gasteiger partial charge on any atom is -0.481 e. The Kier molecular flexibility index (Phi) is 7.40. The zero-order valence-electron chi connectivity index (χ0n) is 12.8. The Labute approximate surface area is 123 Å². The van der Waals surface area contributed by atoms with Crippen molar-refractivity contribution in [2.75, 3.05) is 0 Å². The molecule has 0 aliphatic heterocycles. The molecule has 120 valence electrons. The fourth-order valence-corrected chi connectivity index (χ4v) is 1.37. The zero-order chi connectivity index (χ0) is 16.6. The van der Waals surface area contributed by atoms with Crippen LogP contribution in [-0.4, -0.2) is 40.5 Å². The third-order valence-corrected chi connectivity index (χ3v) is 2.29. The van der Waals surface area contributed by atoms with Gasteiger partial charge in [0.05, 0.1) is 0 Å². The molecule has 0 saturated carbocycles. The van der Waals surface area contributed by atoms with E-state index in [2.05, 4.69) is 10.6 Å². The van der Waals surface area contributed by atoms with Crippen LogP contribution in [0.1, 0.15) is 47.0 Å². The average molecular weight is 301 g/mol. The Morgan fingerprint density at radius 2 is 1.67 bits per heavy atom. The van der Waals surface area contributed by atoms with E-state index in [-0.39, 0.29) is 25.2 Å². The van der Waals surface area contributed by atoms with Gasteiger partial charge in [0.15, 0.2) is 0 Å². The summed E-state index contributed by atoms with van der Waals surface area (Å²) in [6.07, 6.45) is -0.0593. The highest BCUT2D eigenvalue weighted by Gasteiger charge is 2.21. The first kappa shape index (κ1) is 18.9. The van der Waals surface area contributed by atoms with Gasteiger partial charge in [0.25, 0.3) is 0 Å². The van der Waals surface area contributed by atoms with Crippen molar-refractivity contribution in [3.8, 4) is 0 Å². The number of nitrogens with one attached hydrogen (secondary N) is 3. The van der Waals surface area contributed by atoms with Crippen LogP contribution in [0.5, 0.6) is 0 Å². The Balaban J connectivity index is 4.10. The SMILES string of the molecule is CC(NC(=O)NC(=O)CCCC(=O)O)C(=O)NC(C)(C)C. The van der Waals surface area contributed by atoms with Crippen molar-refractivity contribution in [3.63, 3.8) is 0 Å². The molecule has 0 bridgehead atoms. The molecule has 21 heavy (non-hydrogen) atoms. The molecule has 8 heteroatoms. The lowest BCUT2D eigenvalue weighted by molar-refractivity contribution is -0.137. The summed E-state index contributed by atoms with van der Waals surface area (Å²) >= 11 is 0. The molecular formula is C13H23N3O5. The van der Waals surface area contributed by atoms with Crippen LogP contribution in [0.2, 0.25) is 0 Å². The van der Waals surface area contributed by atoms with Gasteiger partial charge in [0.2, 0.25) is 11.8 Å². The lowest BCUT2D eigenvalue weighted by Crippen LogP contribution is -2.53. The third-order valence-electron chi connectivity index (χ3n) is 2.29. The van der Waals surface area contributed by atoms with Crippen LogP contribution in [0.25, 0.3) is 0 Å². The summed E-state index contributed by atoms with van der Waals surface area (Å²) in [5.74, 6) is -1.95. The fourth-order valence-electron chi connectivity index (χ4n) is 1.37. The van der Waals surface area contributed by atoms with Gasteiger partial charge in [-0.25, -0.2) is 4.79 Å². The lowest BCUT2D eigenvalue weighted by atomic mass is 10.1. The van der Waals surface area contributed by atoms with Crippen molar-refractivity contribution in [2.24, 2.45) is 0 Å². The number of carboxylic acid groups (broad SMARTS) is 1. The number of aliphatic carboxylic acids is 1. The van der Waals surface area contributed by atoms with Crippen molar-refractivity contribution < 1.29 is 24.3 Å². The van der Waals surface area contributed by atoms with Crippen molar-refractivity contribution >= 4 is 23.8 Å². The van der Waals surface area contributed by atoms with E-state index in [1.807, 2.05) is 26.1 Å². The molecule has 0 aliphatic rings. The maximum Gasteiger partial charge on any atom is 0.322 e. The molecule has 0 radical (unpaired) electrons. The van der Waals surface area contributed by atoms with Gasteiger partial charge in [-0.1, -0.05) is 0 Å². The van der Waals surface area contributed by atoms with E-state index in [9.17, 15) is 19.2 Å². The standard InChI is InChI=1S/C13H23N3O5/c1-8(11(20)16-13(2,3)4)14-12(21)15-9(17)6-5-7-10(18)19/h8H,5-7H2,1-4H3,(H,16,20)(H,18,19)(H2,14,15,17,21). The number of carbonyl (C=O) groups excluding carboxylic acids is 3. The smallest absolute Gasteiger partial charge is 0.322 e. The normalized spacial score (nSPS) is 12.2. The first-order valence-corrected chi connectivity index (χ1v) is 6.65. The first-order chi connectivity index (χ1) is 9.51. The molecule has 0 heterocycles. The van der Waals surface area contributed by atoms with E-state index in [4.69, 9.17) is 5.11 Å². The number of amides is 4. The van der Waals surface area contributed by atoms with Gasteiger partial charge >= 0.3 is 12.0 Å². The Hall–Kier alpha value is -2.12. The highest BCUT2D eigenvalue weighted by Crippen LogP contribution is 1.99. The largest absolute Gasteiger partial charge is 0.481 e. The maximum atomic E-state index is 11.7. The van der Waals surface area contributed by atoms with Crippen LogP contribution in [-0.2, 0) is 14.4 Å². The second-order valence-corrected chi connectivity index (χ2v) is 5.73. The van der Waals surface area contributed by atoms with Gasteiger partial charge in [-0.05, 0) is 34.1 Å². The molecular weight excluding hydrogens is 278 g/mol. The minimum absolute atomic E-state index is 0.0672. The summed E-state index contributed by atoms with van der Waals surface area (Å²) in [4.78, 5) is 44.8. The molecule has 0 fully saturated rings. The number of urea groups is 1. The van der Waals surface area contributed by atoms with Gasteiger partial charge in [-0.15, -0.1) is 0 Å². The highest BCUT2D eigenvalue weighted by atomic mass is 16.4. The fraction of sp³-hybridized carbons (Fsp3) is 0.692.